The Hall–Kier alpha value is -0.0600. The summed E-state index contributed by atoms with van der Waals surface area (Å²) < 4.78 is 55.8. The van der Waals surface area contributed by atoms with Gasteiger partial charge in [0.1, 0.15) is 0 Å². The maximum atomic E-state index is 12.4. The minimum Gasteiger partial charge on any atom is -0.318 e. The maximum absolute atomic E-state index is 12.4. The zero-order valence-electron chi connectivity index (χ0n) is 13.5. The Kier molecular flexibility index (Phi) is 11.8. The van der Waals surface area contributed by atoms with Crippen LogP contribution in [0.1, 0.15) is 47.5 Å². The standard InChI is InChI=1S/C9H17F3NO2P.2C2H6/c1-3-15-16(2,14)13-6-4-8(5-7-13)9(10,11)12;2*1-2/h8H,3-7H2,1-2H3;2*1-2H3. The molecule has 3 nitrogen and oxygen atoms in total. The monoisotopic (exact) mass is 319 g/mol. The van der Waals surface area contributed by atoms with E-state index in [1.54, 1.807) is 11.6 Å². The fourth-order valence-corrected chi connectivity index (χ4v) is 3.48. The van der Waals surface area contributed by atoms with Gasteiger partial charge in [0, 0.05) is 19.8 Å². The molecule has 0 amide bonds. The van der Waals surface area contributed by atoms with Crippen molar-refractivity contribution in [3.63, 3.8) is 0 Å². The van der Waals surface area contributed by atoms with Gasteiger partial charge in [-0.25, -0.2) is 4.67 Å². The van der Waals surface area contributed by atoms with Gasteiger partial charge in [-0.05, 0) is 19.8 Å². The summed E-state index contributed by atoms with van der Waals surface area (Å²) in [5, 5.41) is 0. The molecule has 0 aromatic heterocycles. The molecule has 0 radical (unpaired) electrons. The SMILES string of the molecule is CC.CC.CCOP(C)(=O)N1CCC(C(F)(F)F)CC1. The predicted octanol–water partition coefficient (Wildman–Crippen LogP) is 5.17. The normalized spacial score (nSPS) is 20.1. The lowest BCUT2D eigenvalue weighted by atomic mass is 9.98. The summed E-state index contributed by atoms with van der Waals surface area (Å²) in [6.07, 6.45) is -4.11. The van der Waals surface area contributed by atoms with Crippen molar-refractivity contribution in [3.05, 3.63) is 0 Å². The van der Waals surface area contributed by atoms with Gasteiger partial charge >= 0.3 is 6.18 Å². The van der Waals surface area contributed by atoms with Crippen LogP contribution in [0.2, 0.25) is 0 Å². The molecule has 20 heavy (non-hydrogen) atoms. The van der Waals surface area contributed by atoms with Gasteiger partial charge in [-0.3, -0.25) is 4.57 Å². The molecular formula is C13H29F3NO2P. The van der Waals surface area contributed by atoms with Crippen LogP contribution in [-0.4, -0.2) is 37.2 Å². The first-order valence-corrected chi connectivity index (χ1v) is 9.34. The molecule has 0 N–H and O–H groups in total. The molecule has 1 saturated heterocycles. The predicted molar refractivity (Wildman–Crippen MR) is 78.2 cm³/mol. The average molecular weight is 319 g/mol. The van der Waals surface area contributed by atoms with E-state index in [1.807, 2.05) is 27.7 Å². The van der Waals surface area contributed by atoms with Crippen LogP contribution in [-0.2, 0) is 9.09 Å². The quantitative estimate of drug-likeness (QED) is 0.672. The number of alkyl halides is 3. The maximum Gasteiger partial charge on any atom is 0.391 e. The molecular weight excluding hydrogens is 290 g/mol. The molecule has 1 aliphatic heterocycles. The number of hydrogen-bond donors (Lipinski definition) is 0. The third-order valence-corrected chi connectivity index (χ3v) is 4.98. The second-order valence-corrected chi connectivity index (χ2v) is 6.42. The molecule has 0 spiro atoms. The van der Waals surface area contributed by atoms with Gasteiger partial charge in [0.2, 0.25) is 0 Å². The molecule has 0 bridgehead atoms. The van der Waals surface area contributed by atoms with Crippen LogP contribution in [0.25, 0.3) is 0 Å². The van der Waals surface area contributed by atoms with Crippen molar-refractivity contribution < 1.29 is 22.3 Å². The van der Waals surface area contributed by atoms with Gasteiger partial charge in [0.25, 0.3) is 7.52 Å². The summed E-state index contributed by atoms with van der Waals surface area (Å²) >= 11 is 0. The fourth-order valence-electron chi connectivity index (χ4n) is 1.88. The number of piperidine rings is 1. The zero-order valence-corrected chi connectivity index (χ0v) is 14.4. The highest BCUT2D eigenvalue weighted by Gasteiger charge is 2.43. The summed E-state index contributed by atoms with van der Waals surface area (Å²) in [6.45, 7) is 11.9. The lowest BCUT2D eigenvalue weighted by molar-refractivity contribution is -0.183. The fraction of sp³-hybridized carbons (Fsp3) is 1.00. The highest BCUT2D eigenvalue weighted by Crippen LogP contribution is 2.49. The summed E-state index contributed by atoms with van der Waals surface area (Å²) in [7, 11) is -2.88. The van der Waals surface area contributed by atoms with Crippen LogP contribution in [0.4, 0.5) is 13.2 Å². The zero-order chi connectivity index (χ0) is 16.4. The lowest BCUT2D eigenvalue weighted by Gasteiger charge is -2.35. The summed E-state index contributed by atoms with van der Waals surface area (Å²) in [5.74, 6) is -1.26. The minimum atomic E-state index is -4.13. The van der Waals surface area contributed by atoms with Crippen molar-refractivity contribution in [2.75, 3.05) is 26.4 Å². The molecule has 0 aliphatic carbocycles. The van der Waals surface area contributed by atoms with E-state index in [2.05, 4.69) is 0 Å². The second-order valence-electron chi connectivity index (χ2n) is 3.99. The first-order chi connectivity index (χ1) is 9.27. The molecule has 1 heterocycles. The van der Waals surface area contributed by atoms with E-state index >= 15 is 0 Å². The molecule has 1 rings (SSSR count). The van der Waals surface area contributed by atoms with Gasteiger partial charge in [-0.15, -0.1) is 0 Å². The average Bonchev–Trinajstić information content (AvgIpc) is 2.42. The first kappa shape index (κ1) is 22.2. The van der Waals surface area contributed by atoms with Crippen molar-refractivity contribution in [2.45, 2.75) is 53.6 Å². The molecule has 1 atom stereocenters. The number of halogens is 3. The Labute approximate surface area is 121 Å². The van der Waals surface area contributed by atoms with Crippen LogP contribution < -0.4 is 0 Å². The Morgan fingerprint density at radius 2 is 1.55 bits per heavy atom. The van der Waals surface area contributed by atoms with E-state index in [0.29, 0.717) is 6.61 Å². The summed E-state index contributed by atoms with van der Waals surface area (Å²) in [5.41, 5.74) is 0. The molecule has 0 aromatic rings. The Morgan fingerprint density at radius 3 is 1.85 bits per heavy atom. The van der Waals surface area contributed by atoms with Crippen LogP contribution >= 0.6 is 7.52 Å². The van der Waals surface area contributed by atoms with Gasteiger partial charge in [0.15, 0.2) is 0 Å². The van der Waals surface area contributed by atoms with Crippen molar-refractivity contribution in [2.24, 2.45) is 5.92 Å². The lowest BCUT2D eigenvalue weighted by Crippen LogP contribution is -2.37. The second kappa shape index (κ2) is 10.6. The first-order valence-electron chi connectivity index (χ1n) is 7.31. The number of rotatable bonds is 3. The van der Waals surface area contributed by atoms with Crippen LogP contribution in [0.5, 0.6) is 0 Å². The van der Waals surface area contributed by atoms with Crippen LogP contribution in [0, 0.1) is 5.92 Å². The highest BCUT2D eigenvalue weighted by atomic mass is 31.2. The Balaban J connectivity index is 0. The smallest absolute Gasteiger partial charge is 0.318 e. The molecule has 7 heteroatoms. The molecule has 124 valence electrons. The van der Waals surface area contributed by atoms with E-state index in [0.717, 1.165) is 0 Å². The van der Waals surface area contributed by atoms with E-state index in [9.17, 15) is 17.7 Å². The highest BCUT2D eigenvalue weighted by molar-refractivity contribution is 7.55. The van der Waals surface area contributed by atoms with Gasteiger partial charge in [-0.1, -0.05) is 27.7 Å². The van der Waals surface area contributed by atoms with Gasteiger partial charge in [0.05, 0.1) is 12.5 Å². The molecule has 0 aromatic carbocycles. The van der Waals surface area contributed by atoms with Gasteiger partial charge < -0.3 is 4.52 Å². The van der Waals surface area contributed by atoms with Crippen molar-refractivity contribution >= 4 is 7.52 Å². The number of hydrogen-bond acceptors (Lipinski definition) is 2. The van der Waals surface area contributed by atoms with Crippen LogP contribution in [0.15, 0.2) is 0 Å². The van der Waals surface area contributed by atoms with E-state index < -0.39 is 19.6 Å². The third-order valence-electron chi connectivity index (χ3n) is 2.82. The molecule has 1 aliphatic rings. The molecule has 1 unspecified atom stereocenters. The van der Waals surface area contributed by atoms with E-state index in [1.165, 1.54) is 6.66 Å². The largest absolute Gasteiger partial charge is 0.391 e. The van der Waals surface area contributed by atoms with Crippen molar-refractivity contribution in [1.29, 1.82) is 0 Å². The number of nitrogens with zero attached hydrogens (tertiary/aromatic N) is 1. The van der Waals surface area contributed by atoms with E-state index in [4.69, 9.17) is 4.52 Å². The van der Waals surface area contributed by atoms with Crippen molar-refractivity contribution in [1.82, 2.24) is 4.67 Å². The summed E-state index contributed by atoms with van der Waals surface area (Å²) in [4.78, 5) is 0. The Morgan fingerprint density at radius 1 is 1.15 bits per heavy atom. The van der Waals surface area contributed by atoms with E-state index in [-0.39, 0.29) is 25.9 Å². The third kappa shape index (κ3) is 7.65. The summed E-state index contributed by atoms with van der Waals surface area (Å²) in [6, 6.07) is 0. The van der Waals surface area contributed by atoms with Crippen molar-refractivity contribution in [3.8, 4) is 0 Å². The minimum absolute atomic E-state index is 0.00834. The Bertz CT molecular complexity index is 277. The van der Waals surface area contributed by atoms with Crippen LogP contribution in [0.3, 0.4) is 0 Å². The topological polar surface area (TPSA) is 29.5 Å². The molecule has 1 fully saturated rings. The van der Waals surface area contributed by atoms with Gasteiger partial charge in [-0.2, -0.15) is 13.2 Å². The molecule has 0 saturated carbocycles.